The van der Waals surface area contributed by atoms with Gasteiger partial charge in [-0.15, -0.1) is 0 Å². The fourth-order valence-electron chi connectivity index (χ4n) is 7.81. The maximum Gasteiger partial charge on any atom is 0.299 e. The highest BCUT2D eigenvalue weighted by Gasteiger charge is 2.34. The van der Waals surface area contributed by atoms with Crippen LogP contribution in [-0.2, 0) is 7.05 Å². The Hall–Kier alpha value is -5.19. The van der Waals surface area contributed by atoms with E-state index >= 15 is 0 Å². The Morgan fingerprint density at radius 1 is 0.654 bits per heavy atom. The molecule has 3 nitrogen and oxygen atoms in total. The Kier molecular flexibility index (Phi) is 7.75. The first-order valence-electron chi connectivity index (χ1n) is 19.3. The number of aromatic nitrogens is 2. The van der Waals surface area contributed by atoms with Crippen LogP contribution in [0.15, 0.2) is 126 Å². The van der Waals surface area contributed by atoms with Crippen molar-refractivity contribution in [3.63, 3.8) is 0 Å². The smallest absolute Gasteiger partial charge is 0.299 e. The molecule has 0 aliphatic rings. The number of fused-ring (bicyclic) bond motifs is 4. The van der Waals surface area contributed by atoms with Gasteiger partial charge >= 0.3 is 0 Å². The van der Waals surface area contributed by atoms with E-state index in [0.29, 0.717) is 0 Å². The quantitative estimate of drug-likeness (QED) is 0.120. The molecule has 0 atom stereocenters. The van der Waals surface area contributed by atoms with Crippen LogP contribution in [0.2, 0.25) is 19.6 Å². The van der Waals surface area contributed by atoms with Crippen molar-refractivity contribution in [1.82, 2.24) is 4.57 Å². The van der Waals surface area contributed by atoms with Gasteiger partial charge in [0.15, 0.2) is 16.6 Å². The second-order valence-electron chi connectivity index (χ2n) is 15.8. The summed E-state index contributed by atoms with van der Waals surface area (Å²) in [5.74, 6) is -1.03. The van der Waals surface area contributed by atoms with Gasteiger partial charge in [0, 0.05) is 24.6 Å². The first-order valence-corrected chi connectivity index (χ1v) is 21.8. The average Bonchev–Trinajstić information content (AvgIpc) is 3.64. The number of hydrogen-bond donors (Lipinski definition) is 0. The van der Waals surface area contributed by atoms with Gasteiger partial charge < -0.3 is 4.42 Å². The van der Waals surface area contributed by atoms with Gasteiger partial charge in [0.05, 0.1) is 15.1 Å². The first-order chi connectivity index (χ1) is 25.5. The van der Waals surface area contributed by atoms with Crippen molar-refractivity contribution in [2.45, 2.75) is 66.0 Å². The summed E-state index contributed by atoms with van der Waals surface area (Å²) >= 11 is 0. The van der Waals surface area contributed by atoms with Crippen molar-refractivity contribution in [1.29, 1.82) is 0 Å². The van der Waals surface area contributed by atoms with E-state index in [1.807, 2.05) is 33.8 Å². The van der Waals surface area contributed by atoms with Crippen LogP contribution in [0.5, 0.6) is 0 Å². The highest BCUT2D eigenvalue weighted by Crippen LogP contribution is 2.43. The minimum absolute atomic E-state index is 0.826. The van der Waals surface area contributed by atoms with Crippen LogP contribution in [0.3, 0.4) is 0 Å². The zero-order chi connectivity index (χ0) is 38.3. The summed E-state index contributed by atoms with van der Waals surface area (Å²) in [7, 11) is 0.637. The molecule has 0 unspecified atom stereocenters. The average molecular weight is 700 g/mol. The van der Waals surface area contributed by atoms with E-state index < -0.39 is 19.9 Å². The number of furan rings is 1. The largest absolute Gasteiger partial charge is 0.455 e. The Bertz CT molecular complexity index is 2690. The second-order valence-corrected chi connectivity index (χ2v) is 20.8. The van der Waals surface area contributed by atoms with E-state index in [1.54, 1.807) is 0 Å². The number of rotatable bonds is 7. The Morgan fingerprint density at radius 2 is 1.25 bits per heavy atom. The summed E-state index contributed by atoms with van der Waals surface area (Å²) in [6.45, 7) is 17.1. The maximum absolute atomic E-state index is 9.67. The highest BCUT2D eigenvalue weighted by atomic mass is 28.3. The molecule has 0 radical (unpaired) electrons. The molecule has 0 fully saturated rings. The zero-order valence-electron chi connectivity index (χ0n) is 33.8. The lowest BCUT2D eigenvalue weighted by molar-refractivity contribution is -0.633. The van der Waals surface area contributed by atoms with Crippen molar-refractivity contribution >= 4 is 46.2 Å². The molecular formula is C48H49N2OSi+. The van der Waals surface area contributed by atoms with Crippen LogP contribution in [0.4, 0.5) is 0 Å². The zero-order valence-corrected chi connectivity index (χ0v) is 32.8. The predicted molar refractivity (Wildman–Crippen MR) is 224 cm³/mol. The van der Waals surface area contributed by atoms with E-state index in [2.05, 4.69) is 158 Å². The number of nitrogens with zero attached hydrogens (tertiary/aromatic N) is 2. The number of para-hydroxylation sites is 2. The summed E-state index contributed by atoms with van der Waals surface area (Å²) in [6, 6.07) is 43.1. The number of aryl methyl sites for hydroxylation is 2. The molecule has 0 saturated carbocycles. The highest BCUT2D eigenvalue weighted by molar-refractivity contribution is 6.88. The standard InChI is InChI=1S/C48H49N2OSi/c1-30(2)40-27-36(34-20-23-37(24-21-34)52(7,8)9)28-41(31(3)4)46(40)50-43-18-14-13-17-42(43)49(6)48(50)45-32(5)19-25-39-38-26-22-35(29-44(38)51-47(39)45)33-15-11-10-12-16-33/h10-31H,1-9H3/q+1/i30D,31D. The normalized spacial score (nSPS) is 13.2. The number of hydrogen-bond acceptors (Lipinski definition) is 1. The summed E-state index contributed by atoms with van der Waals surface area (Å²) in [4.78, 5) is 0. The van der Waals surface area contributed by atoms with Crippen molar-refractivity contribution in [3.05, 3.63) is 138 Å². The summed E-state index contributed by atoms with van der Waals surface area (Å²) < 4.78 is 30.8. The van der Waals surface area contributed by atoms with E-state index in [1.165, 1.54) is 5.19 Å². The van der Waals surface area contributed by atoms with Gasteiger partial charge in [0.1, 0.15) is 16.8 Å². The molecule has 260 valence electrons. The predicted octanol–water partition coefficient (Wildman–Crippen LogP) is 12.5. The Balaban J connectivity index is 1.46. The number of imidazole rings is 1. The fourth-order valence-corrected chi connectivity index (χ4v) is 8.98. The molecule has 0 bridgehead atoms. The van der Waals surface area contributed by atoms with Gasteiger partial charge in [-0.25, -0.2) is 4.57 Å². The van der Waals surface area contributed by atoms with Gasteiger partial charge in [-0.3, -0.25) is 0 Å². The first kappa shape index (κ1) is 31.5. The van der Waals surface area contributed by atoms with Gasteiger partial charge in [0.2, 0.25) is 0 Å². The molecule has 52 heavy (non-hydrogen) atoms. The van der Waals surface area contributed by atoms with Gasteiger partial charge in [0.25, 0.3) is 5.82 Å². The topological polar surface area (TPSA) is 21.9 Å². The monoisotopic (exact) mass is 699 g/mol. The molecule has 6 aromatic carbocycles. The van der Waals surface area contributed by atoms with Gasteiger partial charge in [-0.1, -0.05) is 137 Å². The molecule has 0 aliphatic heterocycles. The molecule has 2 heterocycles. The van der Waals surface area contributed by atoms with E-state index in [9.17, 15) is 2.74 Å². The van der Waals surface area contributed by atoms with Crippen molar-refractivity contribution < 1.29 is 11.7 Å². The minimum Gasteiger partial charge on any atom is -0.455 e. The second kappa shape index (κ2) is 12.8. The lowest BCUT2D eigenvalue weighted by Gasteiger charge is -2.21. The molecule has 0 spiro atoms. The van der Waals surface area contributed by atoms with Crippen LogP contribution < -0.4 is 9.75 Å². The van der Waals surface area contributed by atoms with Crippen molar-refractivity contribution in [2.24, 2.45) is 7.05 Å². The summed E-state index contributed by atoms with van der Waals surface area (Å²) in [5.41, 5.74) is 12.8. The molecule has 0 amide bonds. The molecular weight excluding hydrogens is 649 g/mol. The third-order valence-corrected chi connectivity index (χ3v) is 12.8. The van der Waals surface area contributed by atoms with Crippen LogP contribution in [0, 0.1) is 6.92 Å². The molecule has 2 aromatic heterocycles. The third kappa shape index (κ3) is 5.61. The SMILES string of the molecule is [2H]C(C)(C)c1cc(-c2ccc([Si](C)(C)C)cc2)cc(C([2H])(C)C)c1-n1c(-c2c(C)ccc3c2oc2cc(-c4ccccc4)ccc23)[n+](C)c2ccccc21. The summed E-state index contributed by atoms with van der Waals surface area (Å²) in [5, 5.41) is 3.54. The van der Waals surface area contributed by atoms with Crippen LogP contribution in [0.1, 0.15) is 58.9 Å². The Labute approximate surface area is 312 Å². The van der Waals surface area contributed by atoms with E-state index in [-0.39, 0.29) is 0 Å². The van der Waals surface area contributed by atoms with Crippen LogP contribution in [-0.4, -0.2) is 12.6 Å². The lowest BCUT2D eigenvalue weighted by atomic mass is 9.88. The van der Waals surface area contributed by atoms with Crippen molar-refractivity contribution in [3.8, 4) is 39.3 Å². The molecule has 8 aromatic rings. The van der Waals surface area contributed by atoms with Crippen molar-refractivity contribution in [2.75, 3.05) is 0 Å². The summed E-state index contributed by atoms with van der Waals surface area (Å²) in [6.07, 6.45) is 0. The van der Waals surface area contributed by atoms with E-state index in [4.69, 9.17) is 4.42 Å². The van der Waals surface area contributed by atoms with Gasteiger partial charge in [-0.05, 0) is 82.9 Å². The Morgan fingerprint density at radius 3 is 1.90 bits per heavy atom. The van der Waals surface area contributed by atoms with Crippen LogP contribution in [0.25, 0.3) is 72.3 Å². The molecule has 0 aliphatic carbocycles. The third-order valence-electron chi connectivity index (χ3n) is 10.7. The lowest BCUT2D eigenvalue weighted by Crippen LogP contribution is -2.37. The maximum atomic E-state index is 9.67. The molecule has 0 N–H and O–H groups in total. The molecule has 8 rings (SSSR count). The van der Waals surface area contributed by atoms with E-state index in [0.717, 1.165) is 89.0 Å². The van der Waals surface area contributed by atoms with Gasteiger partial charge in [-0.2, -0.15) is 4.57 Å². The minimum atomic E-state index is -1.48. The molecule has 0 saturated heterocycles. The molecule has 4 heteroatoms. The fraction of sp³-hybridized carbons (Fsp3) is 0.229. The van der Waals surface area contributed by atoms with Crippen LogP contribution >= 0.6 is 0 Å². The number of benzene rings is 6.